The first kappa shape index (κ1) is 11.5. The lowest BCUT2D eigenvalue weighted by molar-refractivity contribution is 0.112. The summed E-state index contributed by atoms with van der Waals surface area (Å²) in [7, 11) is 3.30. The van der Waals surface area contributed by atoms with E-state index in [1.165, 1.54) is 11.3 Å². The van der Waals surface area contributed by atoms with Crippen molar-refractivity contribution in [3.05, 3.63) is 22.4 Å². The maximum atomic E-state index is 10.9. The summed E-state index contributed by atoms with van der Waals surface area (Å²) in [5, 5.41) is 3.99. The fourth-order valence-corrected chi connectivity index (χ4v) is 4.06. The minimum atomic E-state index is 0.680. The molecule has 1 aromatic carbocycles. The topological polar surface area (TPSA) is 35.5 Å². The van der Waals surface area contributed by atoms with E-state index in [1.54, 1.807) is 25.6 Å². The van der Waals surface area contributed by atoms with E-state index in [0.717, 1.165) is 38.0 Å². The van der Waals surface area contributed by atoms with Crippen LogP contribution in [0.2, 0.25) is 0 Å². The van der Waals surface area contributed by atoms with Crippen LogP contribution in [0, 0.1) is 0 Å². The van der Waals surface area contributed by atoms with Crippen LogP contribution < -0.4 is 9.47 Å². The quantitative estimate of drug-likeness (QED) is 0.681. The summed E-state index contributed by atoms with van der Waals surface area (Å²) in [5.74, 6) is 1.64. The van der Waals surface area contributed by atoms with Crippen LogP contribution >= 0.6 is 22.7 Å². The van der Waals surface area contributed by atoms with Gasteiger partial charge in [-0.05, 0) is 17.5 Å². The van der Waals surface area contributed by atoms with Crippen LogP contribution in [0.15, 0.2) is 17.5 Å². The number of carbonyl (C=O) groups is 1. The standard InChI is InChI=1S/C13H10O3S2/c1-15-10-8-3-4-17-12(8)11(16-2)9-5-7(6-14)18-13(9)10/h3-6H,1-2H3. The molecule has 0 saturated carbocycles. The van der Waals surface area contributed by atoms with Gasteiger partial charge in [-0.25, -0.2) is 0 Å². The third kappa shape index (κ3) is 1.44. The minimum absolute atomic E-state index is 0.680. The van der Waals surface area contributed by atoms with Crippen molar-refractivity contribution in [3.8, 4) is 11.5 Å². The highest BCUT2D eigenvalue weighted by Gasteiger charge is 2.18. The normalized spacial score (nSPS) is 11.0. The van der Waals surface area contributed by atoms with Gasteiger partial charge in [-0.1, -0.05) is 0 Å². The fourth-order valence-electron chi connectivity index (χ4n) is 2.12. The van der Waals surface area contributed by atoms with Gasteiger partial charge in [0, 0.05) is 10.8 Å². The summed E-state index contributed by atoms with van der Waals surface area (Å²) in [6, 6.07) is 3.87. The lowest BCUT2D eigenvalue weighted by Crippen LogP contribution is -1.88. The maximum Gasteiger partial charge on any atom is 0.160 e. The molecule has 0 fully saturated rings. The largest absolute Gasteiger partial charge is 0.495 e. The number of fused-ring (bicyclic) bond motifs is 2. The predicted octanol–water partition coefficient (Wildman–Crippen LogP) is 3.95. The van der Waals surface area contributed by atoms with Crippen molar-refractivity contribution in [2.75, 3.05) is 14.2 Å². The number of methoxy groups -OCH3 is 2. The number of rotatable bonds is 3. The molecule has 0 atom stereocenters. The van der Waals surface area contributed by atoms with Gasteiger partial charge in [-0.2, -0.15) is 0 Å². The molecule has 0 unspecified atom stereocenters. The molecule has 0 aliphatic heterocycles. The predicted molar refractivity (Wildman–Crippen MR) is 75.7 cm³/mol. The zero-order chi connectivity index (χ0) is 12.7. The highest BCUT2D eigenvalue weighted by molar-refractivity contribution is 7.22. The van der Waals surface area contributed by atoms with E-state index >= 15 is 0 Å². The Hall–Kier alpha value is -1.59. The maximum absolute atomic E-state index is 10.9. The monoisotopic (exact) mass is 278 g/mol. The lowest BCUT2D eigenvalue weighted by Gasteiger charge is -2.08. The van der Waals surface area contributed by atoms with Gasteiger partial charge >= 0.3 is 0 Å². The van der Waals surface area contributed by atoms with Crippen molar-refractivity contribution < 1.29 is 14.3 Å². The molecule has 0 N–H and O–H groups in total. The van der Waals surface area contributed by atoms with Crippen molar-refractivity contribution in [2.24, 2.45) is 0 Å². The third-order valence-electron chi connectivity index (χ3n) is 2.84. The first-order valence-electron chi connectivity index (χ1n) is 5.30. The second-order valence-corrected chi connectivity index (χ2v) is 5.74. The van der Waals surface area contributed by atoms with Crippen LogP contribution in [0.4, 0.5) is 0 Å². The van der Waals surface area contributed by atoms with E-state index in [0.29, 0.717) is 4.88 Å². The van der Waals surface area contributed by atoms with Gasteiger partial charge < -0.3 is 9.47 Å². The summed E-state index contributed by atoms with van der Waals surface area (Å²) in [5.41, 5.74) is 0. The van der Waals surface area contributed by atoms with Gasteiger partial charge in [0.15, 0.2) is 6.29 Å². The smallest absolute Gasteiger partial charge is 0.160 e. The van der Waals surface area contributed by atoms with E-state index < -0.39 is 0 Å². The van der Waals surface area contributed by atoms with Gasteiger partial charge in [0.2, 0.25) is 0 Å². The number of benzene rings is 1. The second kappa shape index (κ2) is 4.26. The van der Waals surface area contributed by atoms with E-state index in [4.69, 9.17) is 9.47 Å². The Labute approximate surface area is 112 Å². The van der Waals surface area contributed by atoms with E-state index in [-0.39, 0.29) is 0 Å². The molecular formula is C13H10O3S2. The molecule has 0 spiro atoms. The average Bonchev–Trinajstić information content (AvgIpc) is 3.01. The Bertz CT molecular complexity index is 683. The first-order valence-corrected chi connectivity index (χ1v) is 6.99. The lowest BCUT2D eigenvalue weighted by atomic mass is 10.1. The Morgan fingerprint density at radius 2 is 1.83 bits per heavy atom. The summed E-state index contributed by atoms with van der Waals surface area (Å²) in [6.45, 7) is 0. The number of carbonyl (C=O) groups excluding carboxylic acids is 1. The molecule has 0 aliphatic rings. The molecule has 3 nitrogen and oxygen atoms in total. The molecule has 0 saturated heterocycles. The molecule has 0 bridgehead atoms. The summed E-state index contributed by atoms with van der Waals surface area (Å²) < 4.78 is 13.0. The van der Waals surface area contributed by atoms with Crippen LogP contribution in [0.25, 0.3) is 20.2 Å². The Morgan fingerprint density at radius 1 is 1.11 bits per heavy atom. The van der Waals surface area contributed by atoms with Gasteiger partial charge in [-0.3, -0.25) is 4.79 Å². The van der Waals surface area contributed by atoms with Crippen LogP contribution in [-0.2, 0) is 0 Å². The molecule has 92 valence electrons. The molecule has 3 rings (SSSR count). The first-order chi connectivity index (χ1) is 8.80. The van der Waals surface area contributed by atoms with Gasteiger partial charge in [0.05, 0.1) is 28.5 Å². The number of ether oxygens (including phenoxy) is 2. The molecule has 0 amide bonds. The molecule has 5 heteroatoms. The molecule has 3 aromatic rings. The van der Waals surface area contributed by atoms with Crippen LogP contribution in [0.1, 0.15) is 9.67 Å². The molecular weight excluding hydrogens is 268 g/mol. The van der Waals surface area contributed by atoms with E-state index in [1.807, 2.05) is 17.5 Å². The van der Waals surface area contributed by atoms with Crippen molar-refractivity contribution in [1.82, 2.24) is 0 Å². The summed E-state index contributed by atoms with van der Waals surface area (Å²) in [4.78, 5) is 11.6. The average molecular weight is 278 g/mol. The molecule has 0 aliphatic carbocycles. The minimum Gasteiger partial charge on any atom is -0.495 e. The van der Waals surface area contributed by atoms with Crippen LogP contribution in [0.5, 0.6) is 11.5 Å². The number of aldehydes is 1. The Kier molecular flexibility index (Phi) is 2.72. The van der Waals surface area contributed by atoms with Crippen molar-refractivity contribution >= 4 is 49.1 Å². The zero-order valence-corrected chi connectivity index (χ0v) is 11.5. The molecule has 2 heterocycles. The Morgan fingerprint density at radius 3 is 2.50 bits per heavy atom. The number of hydrogen-bond donors (Lipinski definition) is 0. The third-order valence-corrected chi connectivity index (χ3v) is 4.81. The fraction of sp³-hybridized carbons (Fsp3) is 0.154. The SMILES string of the molecule is COc1c2cc(C=O)sc2c(OC)c2ccsc12. The van der Waals surface area contributed by atoms with E-state index in [9.17, 15) is 4.79 Å². The van der Waals surface area contributed by atoms with Gasteiger partial charge in [0.25, 0.3) is 0 Å². The summed E-state index contributed by atoms with van der Waals surface area (Å²) >= 11 is 3.04. The van der Waals surface area contributed by atoms with E-state index in [2.05, 4.69) is 0 Å². The van der Waals surface area contributed by atoms with Crippen LogP contribution in [-0.4, -0.2) is 20.5 Å². The Balaban J connectivity index is 2.55. The van der Waals surface area contributed by atoms with Crippen LogP contribution in [0.3, 0.4) is 0 Å². The van der Waals surface area contributed by atoms with Crippen molar-refractivity contribution in [2.45, 2.75) is 0 Å². The highest BCUT2D eigenvalue weighted by atomic mass is 32.1. The molecule has 18 heavy (non-hydrogen) atoms. The molecule has 0 radical (unpaired) electrons. The second-order valence-electron chi connectivity index (χ2n) is 3.74. The van der Waals surface area contributed by atoms with Gasteiger partial charge in [0.1, 0.15) is 11.5 Å². The number of thiophene rings is 2. The van der Waals surface area contributed by atoms with Gasteiger partial charge in [-0.15, -0.1) is 22.7 Å². The number of hydrogen-bond acceptors (Lipinski definition) is 5. The van der Waals surface area contributed by atoms with Crippen molar-refractivity contribution in [1.29, 1.82) is 0 Å². The summed E-state index contributed by atoms with van der Waals surface area (Å²) in [6.07, 6.45) is 0.859. The highest BCUT2D eigenvalue weighted by Crippen LogP contribution is 2.47. The van der Waals surface area contributed by atoms with Crippen molar-refractivity contribution in [3.63, 3.8) is 0 Å². The molecule has 2 aromatic heterocycles. The zero-order valence-electron chi connectivity index (χ0n) is 9.85.